The number of amides is 1. The number of carbonyl (C=O) groups is 1. The number of benzene rings is 2. The van der Waals surface area contributed by atoms with Crippen LogP contribution in [0.3, 0.4) is 0 Å². The van der Waals surface area contributed by atoms with Gasteiger partial charge in [-0.25, -0.2) is 4.98 Å². The highest BCUT2D eigenvalue weighted by Gasteiger charge is 2.22. The molecule has 0 aliphatic heterocycles. The Morgan fingerprint density at radius 3 is 2.29 bits per heavy atom. The molecule has 2 aromatic carbocycles. The van der Waals surface area contributed by atoms with Crippen molar-refractivity contribution in [2.45, 2.75) is 34.1 Å². The molecule has 3 aromatic rings. The molecular weight excluding hydrogens is 404 g/mol. The Morgan fingerprint density at radius 2 is 1.68 bits per heavy atom. The van der Waals surface area contributed by atoms with Gasteiger partial charge in [-0.05, 0) is 96.2 Å². The highest BCUT2D eigenvalue weighted by atomic mass is 32.1. The van der Waals surface area contributed by atoms with Crippen molar-refractivity contribution in [1.82, 2.24) is 9.88 Å². The van der Waals surface area contributed by atoms with Gasteiger partial charge in [0.1, 0.15) is 0 Å². The summed E-state index contributed by atoms with van der Waals surface area (Å²) >= 11 is 1.61. The van der Waals surface area contributed by atoms with E-state index in [9.17, 15) is 4.79 Å². The lowest BCUT2D eigenvalue weighted by molar-refractivity contribution is 0.0986. The topological polar surface area (TPSA) is 39.7 Å². The number of aryl methyl sites for hydroxylation is 2. The Morgan fingerprint density at radius 1 is 1.00 bits per heavy atom. The fourth-order valence-corrected chi connectivity index (χ4v) is 4.91. The normalized spacial score (nSPS) is 11.3. The molecule has 3 rings (SSSR count). The van der Waals surface area contributed by atoms with Gasteiger partial charge in [-0.2, -0.15) is 0 Å². The highest BCUT2D eigenvalue weighted by molar-refractivity contribution is 7.22. The number of rotatable bonds is 9. The Hall–Kier alpha value is -2.44. The third-order valence-electron chi connectivity index (χ3n) is 5.51. The largest absolute Gasteiger partial charge is 0.372 e. The maximum Gasteiger partial charge on any atom is 0.260 e. The number of fused-ring (bicyclic) bond motifs is 1. The van der Waals surface area contributed by atoms with Crippen LogP contribution >= 0.6 is 11.3 Å². The number of thiazole rings is 1. The van der Waals surface area contributed by atoms with Gasteiger partial charge in [0, 0.05) is 30.9 Å². The minimum Gasteiger partial charge on any atom is -0.372 e. The van der Waals surface area contributed by atoms with E-state index in [2.05, 4.69) is 63.7 Å². The monoisotopic (exact) mass is 438 g/mol. The summed E-state index contributed by atoms with van der Waals surface area (Å²) in [5.74, 6) is 0.0123. The Bertz CT molecular complexity index is 1020. The first-order chi connectivity index (χ1) is 14.8. The van der Waals surface area contributed by atoms with Crippen LogP contribution in [0.4, 0.5) is 10.8 Å². The second kappa shape index (κ2) is 10.2. The predicted octanol–water partition coefficient (Wildman–Crippen LogP) is 5.36. The molecule has 0 saturated heterocycles. The molecule has 1 aromatic heterocycles. The SMILES string of the molecule is CCN(CC)c1ccc(C(=O)N(CCCN(C)C)c2nc3cc(C)cc(C)c3s2)cc1. The van der Waals surface area contributed by atoms with E-state index in [4.69, 9.17) is 4.98 Å². The van der Waals surface area contributed by atoms with Crippen molar-refractivity contribution in [2.24, 2.45) is 0 Å². The fourth-order valence-electron chi connectivity index (χ4n) is 3.87. The number of hydrogen-bond acceptors (Lipinski definition) is 5. The fraction of sp³-hybridized carbons (Fsp3) is 0.440. The van der Waals surface area contributed by atoms with Crippen molar-refractivity contribution >= 4 is 38.3 Å². The summed E-state index contributed by atoms with van der Waals surface area (Å²) in [4.78, 5) is 24.7. The van der Waals surface area contributed by atoms with E-state index in [1.165, 1.54) is 11.1 Å². The maximum absolute atomic E-state index is 13.5. The van der Waals surface area contributed by atoms with Crippen molar-refractivity contribution in [2.75, 3.05) is 50.1 Å². The smallest absolute Gasteiger partial charge is 0.260 e. The lowest BCUT2D eigenvalue weighted by Crippen LogP contribution is -2.33. The van der Waals surface area contributed by atoms with Gasteiger partial charge in [-0.1, -0.05) is 17.4 Å². The molecule has 5 nitrogen and oxygen atoms in total. The van der Waals surface area contributed by atoms with Gasteiger partial charge < -0.3 is 9.80 Å². The van der Waals surface area contributed by atoms with Crippen LogP contribution in [0.2, 0.25) is 0 Å². The van der Waals surface area contributed by atoms with Crippen LogP contribution in [0.25, 0.3) is 10.2 Å². The van der Waals surface area contributed by atoms with E-state index in [-0.39, 0.29) is 5.91 Å². The summed E-state index contributed by atoms with van der Waals surface area (Å²) in [7, 11) is 4.11. The molecule has 6 heteroatoms. The molecule has 1 heterocycles. The van der Waals surface area contributed by atoms with E-state index < -0.39 is 0 Å². The number of nitrogens with zero attached hydrogens (tertiary/aromatic N) is 4. The summed E-state index contributed by atoms with van der Waals surface area (Å²) in [6, 6.07) is 12.3. The van der Waals surface area contributed by atoms with Crippen molar-refractivity contribution < 1.29 is 4.79 Å². The minimum atomic E-state index is 0.0123. The zero-order valence-corrected chi connectivity index (χ0v) is 20.4. The first-order valence-electron chi connectivity index (χ1n) is 11.0. The molecule has 0 radical (unpaired) electrons. The van der Waals surface area contributed by atoms with Gasteiger partial charge in [0.05, 0.1) is 10.2 Å². The predicted molar refractivity (Wildman–Crippen MR) is 134 cm³/mol. The first kappa shape index (κ1) is 23.2. The van der Waals surface area contributed by atoms with Crippen LogP contribution in [0.1, 0.15) is 41.8 Å². The lowest BCUT2D eigenvalue weighted by Gasteiger charge is -2.23. The summed E-state index contributed by atoms with van der Waals surface area (Å²) < 4.78 is 1.16. The summed E-state index contributed by atoms with van der Waals surface area (Å²) in [6.45, 7) is 12.0. The molecule has 0 bridgehead atoms. The Kier molecular flexibility index (Phi) is 7.68. The zero-order chi connectivity index (χ0) is 22.5. The van der Waals surface area contributed by atoms with Crippen LogP contribution in [0.5, 0.6) is 0 Å². The van der Waals surface area contributed by atoms with Crippen LogP contribution in [-0.4, -0.2) is 56.1 Å². The van der Waals surface area contributed by atoms with E-state index in [1.54, 1.807) is 11.3 Å². The van der Waals surface area contributed by atoms with Gasteiger partial charge in [0.25, 0.3) is 5.91 Å². The minimum absolute atomic E-state index is 0.0123. The molecule has 0 N–H and O–H groups in total. The molecule has 0 unspecified atom stereocenters. The zero-order valence-electron chi connectivity index (χ0n) is 19.6. The molecule has 0 aliphatic rings. The van der Waals surface area contributed by atoms with E-state index in [1.807, 2.05) is 29.2 Å². The van der Waals surface area contributed by atoms with Gasteiger partial charge in [-0.15, -0.1) is 0 Å². The molecule has 0 spiro atoms. The molecule has 0 saturated carbocycles. The third kappa shape index (κ3) is 5.43. The Balaban J connectivity index is 1.93. The van der Waals surface area contributed by atoms with Crippen LogP contribution in [0.15, 0.2) is 36.4 Å². The van der Waals surface area contributed by atoms with Gasteiger partial charge in [0.15, 0.2) is 5.13 Å². The van der Waals surface area contributed by atoms with Crippen molar-refractivity contribution in [3.8, 4) is 0 Å². The van der Waals surface area contributed by atoms with Crippen molar-refractivity contribution in [1.29, 1.82) is 0 Å². The molecule has 166 valence electrons. The van der Waals surface area contributed by atoms with E-state index in [0.717, 1.165) is 47.1 Å². The average Bonchev–Trinajstić information content (AvgIpc) is 3.16. The molecule has 0 aliphatic carbocycles. The number of hydrogen-bond donors (Lipinski definition) is 0. The van der Waals surface area contributed by atoms with Crippen molar-refractivity contribution in [3.05, 3.63) is 53.1 Å². The highest BCUT2D eigenvalue weighted by Crippen LogP contribution is 2.33. The van der Waals surface area contributed by atoms with E-state index in [0.29, 0.717) is 12.1 Å². The van der Waals surface area contributed by atoms with Crippen LogP contribution < -0.4 is 9.80 Å². The second-order valence-electron chi connectivity index (χ2n) is 8.26. The van der Waals surface area contributed by atoms with Crippen molar-refractivity contribution in [3.63, 3.8) is 0 Å². The first-order valence-corrected chi connectivity index (χ1v) is 11.8. The molecule has 0 fully saturated rings. The summed E-state index contributed by atoms with van der Waals surface area (Å²) in [5.41, 5.74) is 5.22. The number of anilines is 2. The van der Waals surface area contributed by atoms with Gasteiger partial charge >= 0.3 is 0 Å². The van der Waals surface area contributed by atoms with Gasteiger partial charge in [-0.3, -0.25) is 9.69 Å². The van der Waals surface area contributed by atoms with Crippen LogP contribution in [0, 0.1) is 13.8 Å². The summed E-state index contributed by atoms with van der Waals surface area (Å²) in [5, 5.41) is 0.778. The quantitative estimate of drug-likeness (QED) is 0.451. The second-order valence-corrected chi connectivity index (χ2v) is 9.24. The van der Waals surface area contributed by atoms with Gasteiger partial charge in [0.2, 0.25) is 0 Å². The average molecular weight is 439 g/mol. The lowest BCUT2D eigenvalue weighted by atomic mass is 10.1. The number of carbonyl (C=O) groups excluding carboxylic acids is 1. The maximum atomic E-state index is 13.5. The van der Waals surface area contributed by atoms with E-state index >= 15 is 0 Å². The molecule has 31 heavy (non-hydrogen) atoms. The third-order valence-corrected chi connectivity index (χ3v) is 6.74. The molecule has 1 amide bonds. The van der Waals surface area contributed by atoms with Crippen LogP contribution in [-0.2, 0) is 0 Å². The molecule has 0 atom stereocenters. The standard InChI is InChI=1S/C25H34N4OS/c1-7-28(8-2)21-12-10-20(11-13-21)24(30)29(15-9-14-27(5)6)25-26-22-17-18(3)16-19(4)23(22)31-25/h10-13,16-17H,7-9,14-15H2,1-6H3. The summed E-state index contributed by atoms with van der Waals surface area (Å²) in [6.07, 6.45) is 0.893. The molecular formula is C25H34N4OS. The number of aromatic nitrogens is 1. The Labute approximate surface area is 190 Å².